The maximum atomic E-state index is 11.7. The average Bonchev–Trinajstić information content (AvgIpc) is 2.90. The van der Waals surface area contributed by atoms with Crippen LogP contribution in [-0.4, -0.2) is 24.1 Å². The van der Waals surface area contributed by atoms with Crippen molar-refractivity contribution in [2.24, 2.45) is 0 Å². The van der Waals surface area contributed by atoms with E-state index in [-0.39, 0.29) is 5.91 Å². The number of hydrogen-bond acceptors (Lipinski definition) is 2. The van der Waals surface area contributed by atoms with Crippen LogP contribution in [0.15, 0.2) is 30.3 Å². The van der Waals surface area contributed by atoms with E-state index >= 15 is 0 Å². The van der Waals surface area contributed by atoms with Crippen molar-refractivity contribution < 1.29 is 9.63 Å². The van der Waals surface area contributed by atoms with Gasteiger partial charge in [0, 0.05) is 6.08 Å². The topological polar surface area (TPSA) is 29.5 Å². The summed E-state index contributed by atoms with van der Waals surface area (Å²) in [6.07, 6.45) is 4.31. The zero-order chi connectivity index (χ0) is 13.0. The van der Waals surface area contributed by atoms with E-state index in [1.54, 1.807) is 6.08 Å². The third kappa shape index (κ3) is 3.20. The molecule has 0 aromatic heterocycles. The van der Waals surface area contributed by atoms with E-state index in [0.29, 0.717) is 19.1 Å². The zero-order valence-corrected chi connectivity index (χ0v) is 10.9. The third-order valence-electron chi connectivity index (χ3n) is 3.02. The first-order valence-electron chi connectivity index (χ1n) is 6.39. The predicted octanol–water partition coefficient (Wildman–Crippen LogP) is 2.99. The van der Waals surface area contributed by atoms with Crippen LogP contribution in [-0.2, 0) is 9.63 Å². The maximum Gasteiger partial charge on any atom is 0.270 e. The molecule has 3 nitrogen and oxygen atoms in total. The summed E-state index contributed by atoms with van der Waals surface area (Å²) in [4.78, 5) is 16.9. The molecule has 0 atom stereocenters. The highest BCUT2D eigenvalue weighted by Gasteiger charge is 2.16. The molecule has 1 fully saturated rings. The molecule has 0 aliphatic carbocycles. The summed E-state index contributed by atoms with van der Waals surface area (Å²) in [6, 6.07) is 8.26. The van der Waals surface area contributed by atoms with E-state index in [2.05, 4.69) is 26.0 Å². The van der Waals surface area contributed by atoms with Crippen molar-refractivity contribution in [3.63, 3.8) is 0 Å². The highest BCUT2D eigenvalue weighted by molar-refractivity contribution is 5.91. The lowest BCUT2D eigenvalue weighted by atomic mass is 10.0. The number of rotatable bonds is 3. The van der Waals surface area contributed by atoms with E-state index in [1.165, 1.54) is 10.6 Å². The van der Waals surface area contributed by atoms with Crippen molar-refractivity contribution in [2.75, 3.05) is 13.2 Å². The minimum Gasteiger partial charge on any atom is -0.271 e. The van der Waals surface area contributed by atoms with Gasteiger partial charge in [-0.1, -0.05) is 38.1 Å². The lowest BCUT2D eigenvalue weighted by molar-refractivity contribution is -0.162. The van der Waals surface area contributed by atoms with Gasteiger partial charge in [0.25, 0.3) is 5.91 Å². The summed E-state index contributed by atoms with van der Waals surface area (Å²) in [5.41, 5.74) is 2.34. The SMILES string of the molecule is CC(C)c1ccc(/C=C/C(=O)N2CCCO2)cc1. The van der Waals surface area contributed by atoms with Gasteiger partial charge in [-0.15, -0.1) is 0 Å². The monoisotopic (exact) mass is 245 g/mol. The molecule has 1 aromatic rings. The Bertz CT molecular complexity index is 428. The van der Waals surface area contributed by atoms with Gasteiger partial charge < -0.3 is 0 Å². The molecule has 3 heteroatoms. The van der Waals surface area contributed by atoms with Crippen LogP contribution in [0.1, 0.15) is 37.3 Å². The number of nitrogens with zero attached hydrogens (tertiary/aromatic N) is 1. The molecular weight excluding hydrogens is 226 g/mol. The summed E-state index contributed by atoms with van der Waals surface area (Å²) >= 11 is 0. The number of hydrogen-bond donors (Lipinski definition) is 0. The van der Waals surface area contributed by atoms with Gasteiger partial charge >= 0.3 is 0 Å². The van der Waals surface area contributed by atoms with Crippen molar-refractivity contribution in [1.29, 1.82) is 0 Å². The van der Waals surface area contributed by atoms with E-state index in [1.807, 2.05) is 18.2 Å². The Morgan fingerprint density at radius 2 is 2.06 bits per heavy atom. The molecule has 1 amide bonds. The van der Waals surface area contributed by atoms with Gasteiger partial charge in [-0.25, -0.2) is 5.06 Å². The highest BCUT2D eigenvalue weighted by Crippen LogP contribution is 2.15. The van der Waals surface area contributed by atoms with Gasteiger partial charge in [0.2, 0.25) is 0 Å². The summed E-state index contributed by atoms with van der Waals surface area (Å²) in [5.74, 6) is 0.447. The first-order valence-corrected chi connectivity index (χ1v) is 6.39. The Labute approximate surface area is 108 Å². The van der Waals surface area contributed by atoms with Crippen LogP contribution in [0.5, 0.6) is 0 Å². The molecule has 0 saturated carbocycles. The molecular formula is C15H19NO2. The van der Waals surface area contributed by atoms with E-state index in [9.17, 15) is 4.79 Å². The fourth-order valence-electron chi connectivity index (χ4n) is 1.86. The van der Waals surface area contributed by atoms with Crippen LogP contribution in [0.3, 0.4) is 0 Å². The Balaban J connectivity index is 1.97. The number of carbonyl (C=O) groups excluding carboxylic acids is 1. The molecule has 1 aromatic carbocycles. The fraction of sp³-hybridized carbons (Fsp3) is 0.400. The van der Waals surface area contributed by atoms with Gasteiger partial charge in [0.15, 0.2) is 0 Å². The van der Waals surface area contributed by atoms with Gasteiger partial charge in [-0.3, -0.25) is 9.63 Å². The molecule has 0 N–H and O–H groups in total. The minimum atomic E-state index is -0.0829. The molecule has 18 heavy (non-hydrogen) atoms. The van der Waals surface area contributed by atoms with Crippen LogP contribution >= 0.6 is 0 Å². The lowest BCUT2D eigenvalue weighted by Crippen LogP contribution is -2.24. The first kappa shape index (κ1) is 12.8. The highest BCUT2D eigenvalue weighted by atomic mass is 16.7. The van der Waals surface area contributed by atoms with E-state index < -0.39 is 0 Å². The van der Waals surface area contributed by atoms with Gasteiger partial charge in [0.1, 0.15) is 0 Å². The number of benzene rings is 1. The summed E-state index contributed by atoms with van der Waals surface area (Å²) in [6.45, 7) is 5.66. The van der Waals surface area contributed by atoms with Crippen LogP contribution in [0.4, 0.5) is 0 Å². The van der Waals surface area contributed by atoms with E-state index in [0.717, 1.165) is 12.0 Å². The van der Waals surface area contributed by atoms with Crippen LogP contribution < -0.4 is 0 Å². The molecule has 0 bridgehead atoms. The molecule has 2 rings (SSSR count). The average molecular weight is 245 g/mol. The van der Waals surface area contributed by atoms with Crippen LogP contribution in [0.25, 0.3) is 6.08 Å². The summed E-state index contributed by atoms with van der Waals surface area (Å²) < 4.78 is 0. The second kappa shape index (κ2) is 5.83. The maximum absolute atomic E-state index is 11.7. The number of hydroxylamine groups is 2. The third-order valence-corrected chi connectivity index (χ3v) is 3.02. The van der Waals surface area contributed by atoms with E-state index in [4.69, 9.17) is 4.84 Å². The van der Waals surface area contributed by atoms with Gasteiger partial charge in [-0.2, -0.15) is 0 Å². The Morgan fingerprint density at radius 3 is 2.61 bits per heavy atom. The first-order chi connectivity index (χ1) is 8.66. The smallest absolute Gasteiger partial charge is 0.270 e. The summed E-state index contributed by atoms with van der Waals surface area (Å²) in [5, 5.41) is 1.42. The van der Waals surface area contributed by atoms with Crippen molar-refractivity contribution >= 4 is 12.0 Å². The normalized spacial score (nSPS) is 15.8. The Hall–Kier alpha value is -1.61. The second-order valence-electron chi connectivity index (χ2n) is 4.78. The van der Waals surface area contributed by atoms with Crippen molar-refractivity contribution in [3.05, 3.63) is 41.5 Å². The molecule has 0 radical (unpaired) electrons. The van der Waals surface area contributed by atoms with Crippen molar-refractivity contribution in [1.82, 2.24) is 5.06 Å². The molecule has 1 aliphatic rings. The molecule has 0 spiro atoms. The molecule has 0 unspecified atom stereocenters. The second-order valence-corrected chi connectivity index (χ2v) is 4.78. The predicted molar refractivity (Wildman–Crippen MR) is 71.8 cm³/mol. The lowest BCUT2D eigenvalue weighted by Gasteiger charge is -2.10. The van der Waals surface area contributed by atoms with Crippen LogP contribution in [0.2, 0.25) is 0 Å². The molecule has 1 aliphatic heterocycles. The van der Waals surface area contributed by atoms with Crippen LogP contribution in [0, 0.1) is 0 Å². The Kier molecular flexibility index (Phi) is 4.15. The number of carbonyl (C=O) groups is 1. The molecule has 96 valence electrons. The quantitative estimate of drug-likeness (QED) is 0.766. The molecule has 1 heterocycles. The van der Waals surface area contributed by atoms with Crippen molar-refractivity contribution in [3.8, 4) is 0 Å². The zero-order valence-electron chi connectivity index (χ0n) is 10.9. The largest absolute Gasteiger partial charge is 0.271 e. The summed E-state index contributed by atoms with van der Waals surface area (Å²) in [7, 11) is 0. The Morgan fingerprint density at radius 1 is 1.33 bits per heavy atom. The molecule has 1 saturated heterocycles. The standard InChI is InChI=1S/C15H19NO2/c1-12(2)14-7-4-13(5-8-14)6-9-15(17)16-10-3-11-18-16/h4-9,12H,3,10-11H2,1-2H3/b9-6+. The van der Waals surface area contributed by atoms with Gasteiger partial charge in [-0.05, 0) is 29.5 Å². The van der Waals surface area contributed by atoms with Gasteiger partial charge in [0.05, 0.1) is 13.2 Å². The van der Waals surface area contributed by atoms with Crippen molar-refractivity contribution in [2.45, 2.75) is 26.2 Å². The fourth-order valence-corrected chi connectivity index (χ4v) is 1.86. The minimum absolute atomic E-state index is 0.0829. The number of amides is 1.